The molecule has 0 fully saturated rings. The molecule has 1 rings (SSSR count). The minimum Gasteiger partial charge on any atom is -0.371 e. The number of halogens is 3. The largest absolute Gasteiger partial charge is 0.411 e. The Morgan fingerprint density at radius 2 is 2.11 bits per heavy atom. The van der Waals surface area contributed by atoms with Crippen molar-refractivity contribution in [1.29, 1.82) is 0 Å². The van der Waals surface area contributed by atoms with Crippen LogP contribution in [0.15, 0.2) is 17.5 Å². The maximum Gasteiger partial charge on any atom is 0.411 e. The predicted octanol–water partition coefficient (Wildman–Crippen LogP) is 3.61. The molecule has 0 aliphatic rings. The average Bonchev–Trinajstić information content (AvgIpc) is 2.74. The van der Waals surface area contributed by atoms with E-state index >= 15 is 0 Å². The summed E-state index contributed by atoms with van der Waals surface area (Å²) in [6.45, 7) is 3.45. The summed E-state index contributed by atoms with van der Waals surface area (Å²) in [6.07, 6.45) is -4.24. The second-order valence-corrected chi connectivity index (χ2v) is 5.34. The fourth-order valence-corrected chi connectivity index (χ4v) is 2.58. The van der Waals surface area contributed by atoms with Crippen LogP contribution in [0, 0.1) is 5.92 Å². The lowest BCUT2D eigenvalue weighted by atomic mass is 10.0. The van der Waals surface area contributed by atoms with Crippen LogP contribution in [-0.2, 0) is 4.74 Å². The van der Waals surface area contributed by atoms with E-state index in [1.54, 1.807) is 11.3 Å². The van der Waals surface area contributed by atoms with E-state index in [0.29, 0.717) is 12.5 Å². The first-order chi connectivity index (χ1) is 8.40. The molecule has 0 spiro atoms. The predicted molar refractivity (Wildman–Crippen MR) is 66.8 cm³/mol. The highest BCUT2D eigenvalue weighted by Gasteiger charge is 2.27. The van der Waals surface area contributed by atoms with E-state index in [9.17, 15) is 13.2 Å². The summed E-state index contributed by atoms with van der Waals surface area (Å²) in [6, 6.07) is 4.16. The highest BCUT2D eigenvalue weighted by atomic mass is 32.1. The van der Waals surface area contributed by atoms with Gasteiger partial charge in [0.25, 0.3) is 0 Å². The van der Waals surface area contributed by atoms with E-state index < -0.39 is 12.8 Å². The first-order valence-corrected chi connectivity index (χ1v) is 6.69. The third kappa shape index (κ3) is 5.84. The molecule has 2 nitrogen and oxygen atoms in total. The second kappa shape index (κ2) is 7.11. The lowest BCUT2D eigenvalue weighted by Gasteiger charge is -2.21. The Balaban J connectivity index is 2.28. The molecule has 0 aliphatic carbocycles. The van der Waals surface area contributed by atoms with Crippen LogP contribution in [0.2, 0.25) is 0 Å². The molecular formula is C12H18F3NOS. The van der Waals surface area contributed by atoms with Gasteiger partial charge in [0.15, 0.2) is 0 Å². The van der Waals surface area contributed by atoms with E-state index in [1.807, 2.05) is 17.5 Å². The SMILES string of the molecule is CC(C)C(NCCOCC(F)(F)F)c1cccs1. The Hall–Kier alpha value is -0.590. The summed E-state index contributed by atoms with van der Waals surface area (Å²) in [5, 5.41) is 5.22. The summed E-state index contributed by atoms with van der Waals surface area (Å²) in [7, 11) is 0. The van der Waals surface area contributed by atoms with Gasteiger partial charge in [0, 0.05) is 17.5 Å². The zero-order valence-electron chi connectivity index (χ0n) is 10.5. The van der Waals surface area contributed by atoms with Gasteiger partial charge in [-0.3, -0.25) is 0 Å². The molecule has 0 saturated heterocycles. The summed E-state index contributed by atoms with van der Waals surface area (Å²) >= 11 is 1.64. The van der Waals surface area contributed by atoms with E-state index in [2.05, 4.69) is 23.9 Å². The van der Waals surface area contributed by atoms with Crippen molar-refractivity contribution >= 4 is 11.3 Å². The van der Waals surface area contributed by atoms with Crippen LogP contribution < -0.4 is 5.32 Å². The molecule has 1 aromatic heterocycles. The van der Waals surface area contributed by atoms with Crippen LogP contribution in [-0.4, -0.2) is 25.9 Å². The quantitative estimate of drug-likeness (QED) is 0.771. The van der Waals surface area contributed by atoms with Crippen LogP contribution in [0.5, 0.6) is 0 Å². The van der Waals surface area contributed by atoms with E-state index in [4.69, 9.17) is 0 Å². The van der Waals surface area contributed by atoms with Crippen LogP contribution in [0.25, 0.3) is 0 Å². The summed E-state index contributed by atoms with van der Waals surface area (Å²) in [5.41, 5.74) is 0. The number of thiophene rings is 1. The van der Waals surface area contributed by atoms with Gasteiger partial charge in [-0.1, -0.05) is 19.9 Å². The van der Waals surface area contributed by atoms with Gasteiger partial charge in [0.05, 0.1) is 6.61 Å². The molecule has 1 unspecified atom stereocenters. The van der Waals surface area contributed by atoms with Crippen LogP contribution in [0.1, 0.15) is 24.8 Å². The molecule has 1 heterocycles. The third-order valence-corrected chi connectivity index (χ3v) is 3.35. The minimum absolute atomic E-state index is 0.0636. The van der Waals surface area contributed by atoms with Crippen molar-refractivity contribution in [1.82, 2.24) is 5.32 Å². The van der Waals surface area contributed by atoms with Gasteiger partial charge in [0.2, 0.25) is 0 Å². The number of nitrogens with one attached hydrogen (secondary N) is 1. The van der Waals surface area contributed by atoms with Crippen molar-refractivity contribution in [2.75, 3.05) is 19.8 Å². The minimum atomic E-state index is -4.24. The maximum absolute atomic E-state index is 11.8. The molecule has 0 amide bonds. The van der Waals surface area contributed by atoms with E-state index in [0.717, 1.165) is 0 Å². The molecule has 1 N–H and O–H groups in total. The molecule has 0 aromatic carbocycles. The standard InChI is InChI=1S/C12H18F3NOS/c1-9(2)11(10-4-3-7-18-10)16-5-6-17-8-12(13,14)15/h3-4,7,9,11,16H,5-6,8H2,1-2H3. The zero-order valence-corrected chi connectivity index (χ0v) is 11.3. The normalized spacial score (nSPS) is 14.1. The van der Waals surface area contributed by atoms with Gasteiger partial charge in [0.1, 0.15) is 6.61 Å². The van der Waals surface area contributed by atoms with E-state index in [1.165, 1.54) is 4.88 Å². The third-order valence-electron chi connectivity index (χ3n) is 2.39. The number of hydrogen-bond donors (Lipinski definition) is 1. The molecule has 0 bridgehead atoms. The zero-order chi connectivity index (χ0) is 13.6. The van der Waals surface area contributed by atoms with Crippen LogP contribution >= 0.6 is 11.3 Å². The first-order valence-electron chi connectivity index (χ1n) is 5.81. The average molecular weight is 281 g/mol. The van der Waals surface area contributed by atoms with Gasteiger partial charge >= 0.3 is 6.18 Å². The molecule has 1 atom stereocenters. The van der Waals surface area contributed by atoms with Gasteiger partial charge in [-0.25, -0.2) is 0 Å². The van der Waals surface area contributed by atoms with Crippen molar-refractivity contribution in [3.8, 4) is 0 Å². The monoisotopic (exact) mass is 281 g/mol. The lowest BCUT2D eigenvalue weighted by molar-refractivity contribution is -0.173. The Morgan fingerprint density at radius 1 is 1.39 bits per heavy atom. The Morgan fingerprint density at radius 3 is 2.61 bits per heavy atom. The number of hydrogen-bond acceptors (Lipinski definition) is 3. The molecule has 0 saturated carbocycles. The molecule has 0 radical (unpaired) electrons. The highest BCUT2D eigenvalue weighted by Crippen LogP contribution is 2.25. The van der Waals surface area contributed by atoms with Crippen molar-refractivity contribution in [2.45, 2.75) is 26.1 Å². The fourth-order valence-electron chi connectivity index (χ4n) is 1.61. The molecule has 18 heavy (non-hydrogen) atoms. The van der Waals surface area contributed by atoms with Crippen molar-refractivity contribution in [3.05, 3.63) is 22.4 Å². The van der Waals surface area contributed by atoms with Crippen molar-refractivity contribution in [2.24, 2.45) is 5.92 Å². The molecule has 104 valence electrons. The second-order valence-electron chi connectivity index (χ2n) is 4.36. The Labute approximate surface area is 109 Å². The first kappa shape index (κ1) is 15.5. The number of rotatable bonds is 7. The smallest absolute Gasteiger partial charge is 0.371 e. The molecule has 1 aromatic rings. The maximum atomic E-state index is 11.8. The number of ether oxygens (including phenoxy) is 1. The van der Waals surface area contributed by atoms with Gasteiger partial charge < -0.3 is 10.1 Å². The van der Waals surface area contributed by atoms with Gasteiger partial charge in [-0.2, -0.15) is 13.2 Å². The Bertz CT molecular complexity index is 325. The molecule has 6 heteroatoms. The van der Waals surface area contributed by atoms with Gasteiger partial charge in [-0.15, -0.1) is 11.3 Å². The molecular weight excluding hydrogens is 263 g/mol. The highest BCUT2D eigenvalue weighted by molar-refractivity contribution is 7.10. The fraction of sp³-hybridized carbons (Fsp3) is 0.667. The van der Waals surface area contributed by atoms with Crippen molar-refractivity contribution in [3.63, 3.8) is 0 Å². The lowest BCUT2D eigenvalue weighted by Crippen LogP contribution is -2.29. The number of alkyl halides is 3. The van der Waals surface area contributed by atoms with Crippen LogP contribution in [0.4, 0.5) is 13.2 Å². The topological polar surface area (TPSA) is 21.3 Å². The molecule has 0 aliphatic heterocycles. The van der Waals surface area contributed by atoms with Crippen LogP contribution in [0.3, 0.4) is 0 Å². The van der Waals surface area contributed by atoms with E-state index in [-0.39, 0.29) is 12.6 Å². The summed E-state index contributed by atoms with van der Waals surface area (Å²) in [5.74, 6) is 0.381. The summed E-state index contributed by atoms with van der Waals surface area (Å²) < 4.78 is 40.1. The van der Waals surface area contributed by atoms with Gasteiger partial charge in [-0.05, 0) is 17.4 Å². The van der Waals surface area contributed by atoms with Crippen molar-refractivity contribution < 1.29 is 17.9 Å². The Kier molecular flexibility index (Phi) is 6.11. The summed E-state index contributed by atoms with van der Waals surface area (Å²) in [4.78, 5) is 1.20.